The molecule has 2 rings (SSSR count). The van der Waals surface area contributed by atoms with Crippen LogP contribution < -0.4 is 4.90 Å². The Kier molecular flexibility index (Phi) is 3.50. The van der Waals surface area contributed by atoms with Gasteiger partial charge in [0.25, 0.3) is 0 Å². The molecule has 0 N–H and O–H groups in total. The van der Waals surface area contributed by atoms with E-state index < -0.39 is 9.84 Å². The van der Waals surface area contributed by atoms with E-state index in [4.69, 9.17) is 11.6 Å². The molecule has 0 aromatic heterocycles. The first-order valence-corrected chi connectivity index (χ1v) is 7.81. The van der Waals surface area contributed by atoms with E-state index in [2.05, 4.69) is 0 Å². The van der Waals surface area contributed by atoms with E-state index in [1.165, 1.54) is 6.26 Å². The van der Waals surface area contributed by atoms with Gasteiger partial charge in [0.2, 0.25) is 0 Å². The number of rotatable bonds is 2. The van der Waals surface area contributed by atoms with Crippen molar-refractivity contribution in [3.63, 3.8) is 0 Å². The Morgan fingerprint density at radius 2 is 2.06 bits per heavy atom. The Labute approximate surface area is 112 Å². The molecule has 96 valence electrons. The Balaban J connectivity index is 2.46. The van der Waals surface area contributed by atoms with Crippen LogP contribution in [0.2, 0.25) is 0 Å². The Morgan fingerprint density at radius 3 is 2.67 bits per heavy atom. The van der Waals surface area contributed by atoms with Crippen molar-refractivity contribution in [1.82, 2.24) is 0 Å². The average Bonchev–Trinajstić information content (AvgIpc) is 2.28. The van der Waals surface area contributed by atoms with Gasteiger partial charge in [0.15, 0.2) is 9.84 Å². The molecule has 0 aliphatic carbocycles. The Hall–Kier alpha value is -1.26. The summed E-state index contributed by atoms with van der Waals surface area (Å²) < 4.78 is 23.1. The highest BCUT2D eigenvalue weighted by molar-refractivity contribution is 7.90. The highest BCUT2D eigenvalue weighted by Crippen LogP contribution is 2.28. The van der Waals surface area contributed by atoms with Crippen LogP contribution in [0.3, 0.4) is 0 Å². The van der Waals surface area contributed by atoms with Crippen molar-refractivity contribution < 1.29 is 8.42 Å². The van der Waals surface area contributed by atoms with Gasteiger partial charge in [0, 0.05) is 17.6 Å². The molecule has 0 saturated carbocycles. The summed E-state index contributed by atoms with van der Waals surface area (Å²) >= 11 is 6.23. The lowest BCUT2D eigenvalue weighted by Crippen LogP contribution is -2.29. The molecule has 1 atom stereocenters. The summed E-state index contributed by atoms with van der Waals surface area (Å²) in [6.45, 7) is 1.94. The van der Waals surface area contributed by atoms with Gasteiger partial charge in [-0.3, -0.25) is 0 Å². The highest BCUT2D eigenvalue weighted by atomic mass is 35.5. The summed E-state index contributed by atoms with van der Waals surface area (Å²) in [6, 6.07) is 6.80. The van der Waals surface area contributed by atoms with Gasteiger partial charge >= 0.3 is 0 Å². The van der Waals surface area contributed by atoms with Gasteiger partial charge in [-0.05, 0) is 37.3 Å². The quantitative estimate of drug-likeness (QED) is 0.619. The maximum Gasteiger partial charge on any atom is 0.175 e. The number of hydrogen-bond acceptors (Lipinski definition) is 3. The van der Waals surface area contributed by atoms with Crippen molar-refractivity contribution >= 4 is 27.1 Å². The van der Waals surface area contributed by atoms with Crippen molar-refractivity contribution in [2.24, 2.45) is 0 Å². The fourth-order valence-electron chi connectivity index (χ4n) is 1.86. The van der Waals surface area contributed by atoms with Crippen LogP contribution >= 0.6 is 11.6 Å². The summed E-state index contributed by atoms with van der Waals surface area (Å²) in [5.74, 6) is 0. The van der Waals surface area contributed by atoms with Gasteiger partial charge < -0.3 is 4.90 Å². The van der Waals surface area contributed by atoms with E-state index in [0.29, 0.717) is 4.90 Å². The molecule has 0 amide bonds. The molecule has 0 saturated heterocycles. The topological polar surface area (TPSA) is 37.4 Å². The lowest BCUT2D eigenvalue weighted by atomic mass is 10.2. The first-order chi connectivity index (χ1) is 8.39. The van der Waals surface area contributed by atoms with Crippen LogP contribution in [0.5, 0.6) is 0 Å². The van der Waals surface area contributed by atoms with Crippen LogP contribution in [0.15, 0.2) is 53.1 Å². The maximum atomic E-state index is 11.6. The molecule has 0 spiro atoms. The first kappa shape index (κ1) is 13.2. The fraction of sp³-hybridized carbons (Fsp3) is 0.231. The standard InChI is InChI=1S/C13H14ClNO2S/c1-10-5-3-8-13(14)15(10)11-6-4-7-12(9-11)18(2,16)17/h3-9,13H,1-2H3. The van der Waals surface area contributed by atoms with Gasteiger partial charge in [-0.1, -0.05) is 23.7 Å². The molecule has 0 fully saturated rings. The van der Waals surface area contributed by atoms with Crippen LogP contribution in [-0.2, 0) is 9.84 Å². The van der Waals surface area contributed by atoms with Crippen LogP contribution in [0.4, 0.5) is 5.69 Å². The van der Waals surface area contributed by atoms with Crippen molar-refractivity contribution in [3.05, 3.63) is 48.2 Å². The monoisotopic (exact) mass is 283 g/mol. The number of sulfone groups is 1. The van der Waals surface area contributed by atoms with Gasteiger partial charge in [0.05, 0.1) is 4.90 Å². The van der Waals surface area contributed by atoms with Crippen molar-refractivity contribution in [2.45, 2.75) is 17.3 Å². The predicted octanol–water partition coefficient (Wildman–Crippen LogP) is 2.94. The van der Waals surface area contributed by atoms with Crippen LogP contribution in [0.1, 0.15) is 6.92 Å². The Morgan fingerprint density at radius 1 is 1.33 bits per heavy atom. The first-order valence-electron chi connectivity index (χ1n) is 5.48. The number of allylic oxidation sites excluding steroid dienone is 3. The van der Waals surface area contributed by atoms with Crippen LogP contribution in [0.25, 0.3) is 0 Å². The summed E-state index contributed by atoms with van der Waals surface area (Å²) in [7, 11) is -3.21. The highest BCUT2D eigenvalue weighted by Gasteiger charge is 2.19. The van der Waals surface area contributed by atoms with E-state index >= 15 is 0 Å². The lowest BCUT2D eigenvalue weighted by Gasteiger charge is -2.30. The zero-order valence-corrected chi connectivity index (χ0v) is 11.7. The van der Waals surface area contributed by atoms with E-state index in [-0.39, 0.29) is 5.50 Å². The lowest BCUT2D eigenvalue weighted by molar-refractivity contribution is 0.602. The molecule has 1 aromatic carbocycles. The van der Waals surface area contributed by atoms with Gasteiger partial charge in [-0.15, -0.1) is 0 Å². The molecule has 1 aromatic rings. The molecule has 3 nitrogen and oxygen atoms in total. The second-order valence-electron chi connectivity index (χ2n) is 4.21. The second kappa shape index (κ2) is 4.78. The van der Waals surface area contributed by atoms with Crippen LogP contribution in [-0.4, -0.2) is 20.2 Å². The summed E-state index contributed by atoms with van der Waals surface area (Å²) in [5, 5.41) is 0. The molecular formula is C13H14ClNO2S. The predicted molar refractivity (Wildman–Crippen MR) is 74.6 cm³/mol. The Bertz CT molecular complexity index is 620. The molecule has 0 bridgehead atoms. The third-order valence-corrected chi connectivity index (χ3v) is 4.21. The molecule has 5 heteroatoms. The van der Waals surface area contributed by atoms with Gasteiger partial charge in [0.1, 0.15) is 5.50 Å². The molecule has 1 aliphatic heterocycles. The third-order valence-electron chi connectivity index (χ3n) is 2.76. The normalized spacial score (nSPS) is 19.8. The molecule has 18 heavy (non-hydrogen) atoms. The van der Waals surface area contributed by atoms with Gasteiger partial charge in [-0.2, -0.15) is 0 Å². The summed E-state index contributed by atoms with van der Waals surface area (Å²) in [4.78, 5) is 2.18. The smallest absolute Gasteiger partial charge is 0.175 e. The second-order valence-corrected chi connectivity index (χ2v) is 6.67. The zero-order chi connectivity index (χ0) is 13.3. The van der Waals surface area contributed by atoms with Crippen molar-refractivity contribution in [3.8, 4) is 0 Å². The number of nitrogens with zero attached hydrogens (tertiary/aromatic N) is 1. The molecule has 1 aliphatic rings. The number of benzene rings is 1. The fourth-order valence-corrected chi connectivity index (χ4v) is 2.87. The number of hydrogen-bond donors (Lipinski definition) is 0. The minimum Gasteiger partial charge on any atom is -0.325 e. The molecule has 0 radical (unpaired) electrons. The van der Waals surface area contributed by atoms with E-state index in [9.17, 15) is 8.42 Å². The van der Waals surface area contributed by atoms with E-state index in [0.717, 1.165) is 11.4 Å². The minimum atomic E-state index is -3.21. The largest absolute Gasteiger partial charge is 0.325 e. The maximum absolute atomic E-state index is 11.6. The third kappa shape index (κ3) is 2.60. The van der Waals surface area contributed by atoms with Crippen LogP contribution in [0, 0.1) is 0 Å². The molecular weight excluding hydrogens is 270 g/mol. The summed E-state index contributed by atoms with van der Waals surface area (Å²) in [6.07, 6.45) is 6.88. The minimum absolute atomic E-state index is 0.297. The number of alkyl halides is 1. The molecule has 1 unspecified atom stereocenters. The number of anilines is 1. The SMILES string of the molecule is CC1=CC=CC(Cl)N1c1cccc(S(C)(=O)=O)c1. The average molecular weight is 284 g/mol. The zero-order valence-electron chi connectivity index (χ0n) is 10.2. The summed E-state index contributed by atoms with van der Waals surface area (Å²) in [5.41, 5.74) is 1.45. The van der Waals surface area contributed by atoms with Gasteiger partial charge in [-0.25, -0.2) is 8.42 Å². The van der Waals surface area contributed by atoms with Crippen molar-refractivity contribution in [2.75, 3.05) is 11.2 Å². The van der Waals surface area contributed by atoms with E-state index in [1.807, 2.05) is 36.1 Å². The van der Waals surface area contributed by atoms with E-state index in [1.54, 1.807) is 18.2 Å². The number of halogens is 1. The van der Waals surface area contributed by atoms with Crippen molar-refractivity contribution in [1.29, 1.82) is 0 Å². The molecule has 1 heterocycles.